The summed E-state index contributed by atoms with van der Waals surface area (Å²) in [6.45, 7) is 0. The fraction of sp³-hybridized carbons (Fsp3) is 0.409. The third-order valence-electron chi connectivity index (χ3n) is 6.74. The summed E-state index contributed by atoms with van der Waals surface area (Å²) < 4.78 is 6.16. The Labute approximate surface area is 167 Å². The third-order valence-corrected chi connectivity index (χ3v) is 7.41. The molecule has 0 amide bonds. The number of halogens is 1. The van der Waals surface area contributed by atoms with E-state index in [-0.39, 0.29) is 5.97 Å². The summed E-state index contributed by atoms with van der Waals surface area (Å²) >= 11 is 2.43. The van der Waals surface area contributed by atoms with Crippen LogP contribution in [0.25, 0.3) is 0 Å². The van der Waals surface area contributed by atoms with Crippen molar-refractivity contribution in [2.24, 2.45) is 17.8 Å². The minimum atomic E-state index is -0.272. The lowest BCUT2D eigenvalue weighted by atomic mass is 9.68. The number of anilines is 1. The number of rotatable bonds is 2. The Morgan fingerprint density at radius 2 is 1.88 bits per heavy atom. The number of nitrogens with one attached hydrogen (secondary N) is 1. The van der Waals surface area contributed by atoms with Crippen LogP contribution in [0, 0.1) is 21.3 Å². The topological polar surface area (TPSA) is 38.3 Å². The van der Waals surface area contributed by atoms with E-state index >= 15 is 0 Å². The SMILES string of the molecule is COC(=O)c1ccc([C@@H]2Nc3ccc(I)cc3[C@H]3[C@H]4CC[C@@H](C4)[C@@H]32)cc1. The van der Waals surface area contributed by atoms with Gasteiger partial charge < -0.3 is 10.1 Å². The first-order valence-corrected chi connectivity index (χ1v) is 10.5. The molecule has 0 unspecified atom stereocenters. The zero-order chi connectivity index (χ0) is 17.8. The van der Waals surface area contributed by atoms with Crippen molar-refractivity contribution >= 4 is 34.2 Å². The molecule has 1 aliphatic heterocycles. The monoisotopic (exact) mass is 459 g/mol. The highest BCUT2D eigenvalue weighted by atomic mass is 127. The van der Waals surface area contributed by atoms with E-state index in [1.807, 2.05) is 12.1 Å². The molecule has 0 radical (unpaired) electrons. The van der Waals surface area contributed by atoms with Gasteiger partial charge in [-0.25, -0.2) is 4.79 Å². The number of methoxy groups -OCH3 is 1. The van der Waals surface area contributed by atoms with Gasteiger partial charge in [-0.2, -0.15) is 0 Å². The van der Waals surface area contributed by atoms with Crippen LogP contribution in [-0.2, 0) is 4.74 Å². The molecule has 5 atom stereocenters. The summed E-state index contributed by atoms with van der Waals surface area (Å²) in [4.78, 5) is 11.7. The van der Waals surface area contributed by atoms with Gasteiger partial charge in [-0.3, -0.25) is 0 Å². The van der Waals surface area contributed by atoms with Crippen molar-refractivity contribution in [2.75, 3.05) is 12.4 Å². The van der Waals surface area contributed by atoms with Gasteiger partial charge in [0.25, 0.3) is 0 Å². The molecule has 1 heterocycles. The number of hydrogen-bond donors (Lipinski definition) is 1. The summed E-state index contributed by atoms with van der Waals surface area (Å²) in [7, 11) is 1.43. The number of carbonyl (C=O) groups excluding carboxylic acids is 1. The molecule has 2 aromatic carbocycles. The van der Waals surface area contributed by atoms with Crippen molar-refractivity contribution in [1.29, 1.82) is 0 Å². The minimum absolute atomic E-state index is 0.272. The van der Waals surface area contributed by atoms with E-state index in [4.69, 9.17) is 4.74 Å². The third kappa shape index (κ3) is 2.48. The second-order valence-corrected chi connectivity index (χ2v) is 9.15. The molecular formula is C22H22INO2. The van der Waals surface area contributed by atoms with Crippen LogP contribution in [-0.4, -0.2) is 13.1 Å². The van der Waals surface area contributed by atoms with Gasteiger partial charge in [0.2, 0.25) is 0 Å². The Bertz CT molecular complexity index is 863. The summed E-state index contributed by atoms with van der Waals surface area (Å²) in [6, 6.07) is 15.2. The minimum Gasteiger partial charge on any atom is -0.465 e. The second kappa shape index (κ2) is 6.25. The molecule has 2 aliphatic carbocycles. The van der Waals surface area contributed by atoms with E-state index in [9.17, 15) is 4.79 Å². The van der Waals surface area contributed by atoms with Crippen molar-refractivity contribution in [3.8, 4) is 0 Å². The second-order valence-electron chi connectivity index (χ2n) is 7.90. The largest absolute Gasteiger partial charge is 0.465 e. The van der Waals surface area contributed by atoms with Crippen molar-refractivity contribution in [1.82, 2.24) is 0 Å². The maximum atomic E-state index is 11.7. The van der Waals surface area contributed by atoms with Gasteiger partial charge in [-0.05, 0) is 107 Å². The van der Waals surface area contributed by atoms with Crippen molar-refractivity contribution in [3.05, 3.63) is 62.7 Å². The maximum Gasteiger partial charge on any atom is 0.337 e. The average Bonchev–Trinajstić information content (AvgIpc) is 3.29. The molecule has 5 rings (SSSR count). The molecule has 3 nitrogen and oxygen atoms in total. The van der Waals surface area contributed by atoms with E-state index in [1.54, 1.807) is 0 Å². The van der Waals surface area contributed by atoms with Crippen LogP contribution < -0.4 is 5.32 Å². The first-order valence-electron chi connectivity index (χ1n) is 9.40. The van der Waals surface area contributed by atoms with Gasteiger partial charge in [0.05, 0.1) is 18.7 Å². The van der Waals surface area contributed by atoms with Gasteiger partial charge in [-0.1, -0.05) is 12.1 Å². The zero-order valence-electron chi connectivity index (χ0n) is 14.7. The average molecular weight is 459 g/mol. The molecular weight excluding hydrogens is 437 g/mol. The van der Waals surface area contributed by atoms with Crippen LogP contribution in [0.3, 0.4) is 0 Å². The normalized spacial score (nSPS) is 31.1. The molecule has 2 bridgehead atoms. The lowest BCUT2D eigenvalue weighted by Crippen LogP contribution is -2.35. The van der Waals surface area contributed by atoms with E-state index < -0.39 is 0 Å². The van der Waals surface area contributed by atoms with Gasteiger partial charge in [0.1, 0.15) is 0 Å². The summed E-state index contributed by atoms with van der Waals surface area (Å²) in [5.74, 6) is 2.70. The molecule has 0 saturated heterocycles. The molecule has 2 saturated carbocycles. The first kappa shape index (κ1) is 16.6. The lowest BCUT2D eigenvalue weighted by Gasteiger charge is -2.43. The number of ether oxygens (including phenoxy) is 1. The van der Waals surface area contributed by atoms with Crippen LogP contribution in [0.2, 0.25) is 0 Å². The number of benzene rings is 2. The first-order chi connectivity index (χ1) is 12.7. The molecule has 134 valence electrons. The fourth-order valence-corrected chi connectivity index (χ4v) is 6.25. The van der Waals surface area contributed by atoms with Crippen molar-refractivity contribution in [3.63, 3.8) is 0 Å². The predicted molar refractivity (Wildman–Crippen MR) is 110 cm³/mol. The van der Waals surface area contributed by atoms with Crippen LogP contribution in [0.1, 0.15) is 52.7 Å². The van der Waals surface area contributed by atoms with Crippen LogP contribution in [0.4, 0.5) is 5.69 Å². The Balaban J connectivity index is 1.55. The molecule has 3 aliphatic rings. The van der Waals surface area contributed by atoms with Crippen LogP contribution in [0.15, 0.2) is 42.5 Å². The lowest BCUT2D eigenvalue weighted by molar-refractivity contribution is 0.0600. The molecule has 0 aromatic heterocycles. The number of carbonyl (C=O) groups is 1. The Morgan fingerprint density at radius 1 is 1.12 bits per heavy atom. The molecule has 2 fully saturated rings. The van der Waals surface area contributed by atoms with Gasteiger partial charge in [0.15, 0.2) is 0 Å². The van der Waals surface area contributed by atoms with Gasteiger partial charge in [0, 0.05) is 9.26 Å². The zero-order valence-corrected chi connectivity index (χ0v) is 16.9. The highest BCUT2D eigenvalue weighted by molar-refractivity contribution is 14.1. The van der Waals surface area contributed by atoms with Crippen LogP contribution in [0.5, 0.6) is 0 Å². The molecule has 1 N–H and O–H groups in total. The number of esters is 1. The molecule has 26 heavy (non-hydrogen) atoms. The highest BCUT2D eigenvalue weighted by Crippen LogP contribution is 2.63. The summed E-state index contributed by atoms with van der Waals surface area (Å²) in [5.41, 5.74) is 4.72. The molecule has 2 aromatic rings. The van der Waals surface area contributed by atoms with Crippen molar-refractivity contribution in [2.45, 2.75) is 31.2 Å². The van der Waals surface area contributed by atoms with E-state index in [0.717, 1.165) is 11.8 Å². The van der Waals surface area contributed by atoms with Gasteiger partial charge >= 0.3 is 5.97 Å². The molecule has 0 spiro atoms. The smallest absolute Gasteiger partial charge is 0.337 e. The Kier molecular flexibility index (Phi) is 3.99. The standard InChI is InChI=1S/C22H22INO2/c1-26-22(25)13-4-2-12(3-5-13)21-20-15-7-6-14(10-15)19(20)17-11-16(23)8-9-18(17)24-21/h2-5,8-9,11,14-15,19-21,24H,6-7,10H2,1H3/t14-,15-,19+,20-,21-/m0/s1. The highest BCUT2D eigenvalue weighted by Gasteiger charge is 2.53. The Morgan fingerprint density at radius 3 is 2.65 bits per heavy atom. The quantitative estimate of drug-likeness (QED) is 0.485. The predicted octanol–water partition coefficient (Wildman–Crippen LogP) is 5.37. The summed E-state index contributed by atoms with van der Waals surface area (Å²) in [5, 5.41) is 3.84. The Hall–Kier alpha value is -1.56. The molecule has 4 heteroatoms. The van der Waals surface area contributed by atoms with Crippen molar-refractivity contribution < 1.29 is 9.53 Å². The van der Waals surface area contributed by atoms with Crippen LogP contribution >= 0.6 is 22.6 Å². The number of fused-ring (bicyclic) bond motifs is 7. The van der Waals surface area contributed by atoms with E-state index in [0.29, 0.717) is 23.4 Å². The van der Waals surface area contributed by atoms with Gasteiger partial charge in [-0.15, -0.1) is 0 Å². The summed E-state index contributed by atoms with van der Waals surface area (Å²) in [6.07, 6.45) is 4.12. The fourth-order valence-electron chi connectivity index (χ4n) is 5.73. The maximum absolute atomic E-state index is 11.7. The van der Waals surface area contributed by atoms with E-state index in [1.165, 1.54) is 46.8 Å². The van der Waals surface area contributed by atoms with E-state index in [2.05, 4.69) is 58.2 Å². The number of hydrogen-bond acceptors (Lipinski definition) is 3.